The van der Waals surface area contributed by atoms with Crippen LogP contribution in [0.1, 0.15) is 23.2 Å². The van der Waals surface area contributed by atoms with Gasteiger partial charge in [-0.3, -0.25) is 0 Å². The highest BCUT2D eigenvalue weighted by Crippen LogP contribution is 2.27. The molecule has 1 aromatic heterocycles. The van der Waals surface area contributed by atoms with Crippen LogP contribution in [0.15, 0.2) is 6.07 Å². The SMILES string of the molecule is COc1nc(CCl)c(C(F)F)cc1C#N. The lowest BCUT2D eigenvalue weighted by Gasteiger charge is -2.08. The lowest BCUT2D eigenvalue weighted by atomic mass is 10.1. The number of hydrogen-bond acceptors (Lipinski definition) is 3. The van der Waals surface area contributed by atoms with Gasteiger partial charge in [-0.05, 0) is 6.07 Å². The molecule has 1 aromatic rings. The maximum atomic E-state index is 12.5. The highest BCUT2D eigenvalue weighted by atomic mass is 35.5. The Kier molecular flexibility index (Phi) is 3.81. The summed E-state index contributed by atoms with van der Waals surface area (Å²) >= 11 is 5.47. The molecule has 0 unspecified atom stereocenters. The summed E-state index contributed by atoms with van der Waals surface area (Å²) in [5, 5.41) is 8.67. The average Bonchev–Trinajstić information content (AvgIpc) is 2.26. The number of methoxy groups -OCH3 is 1. The Balaban J connectivity index is 3.36. The Hall–Kier alpha value is -1.41. The summed E-state index contributed by atoms with van der Waals surface area (Å²) in [6.07, 6.45) is -2.70. The van der Waals surface area contributed by atoms with Crippen LogP contribution in [0.3, 0.4) is 0 Å². The van der Waals surface area contributed by atoms with Gasteiger partial charge in [0.2, 0.25) is 5.88 Å². The van der Waals surface area contributed by atoms with Crippen LogP contribution in [-0.2, 0) is 5.88 Å². The van der Waals surface area contributed by atoms with E-state index in [-0.39, 0.29) is 28.6 Å². The van der Waals surface area contributed by atoms with Crippen molar-refractivity contribution in [2.24, 2.45) is 0 Å². The molecule has 0 atom stereocenters. The molecule has 0 aliphatic carbocycles. The number of halogens is 3. The summed E-state index contributed by atoms with van der Waals surface area (Å²) in [6.45, 7) is 0. The van der Waals surface area contributed by atoms with Crippen molar-refractivity contribution in [3.63, 3.8) is 0 Å². The third-order valence-corrected chi connectivity index (χ3v) is 2.03. The van der Waals surface area contributed by atoms with Crippen molar-refractivity contribution in [2.45, 2.75) is 12.3 Å². The van der Waals surface area contributed by atoms with Gasteiger partial charge in [0.05, 0.1) is 18.7 Å². The highest BCUT2D eigenvalue weighted by molar-refractivity contribution is 6.17. The predicted octanol–water partition coefficient (Wildman–Crippen LogP) is 2.64. The zero-order valence-corrected chi connectivity index (χ0v) is 8.55. The lowest BCUT2D eigenvalue weighted by molar-refractivity contribution is 0.149. The van der Waals surface area contributed by atoms with Crippen LogP contribution >= 0.6 is 11.6 Å². The van der Waals surface area contributed by atoms with Crippen LogP contribution in [0, 0.1) is 11.3 Å². The largest absolute Gasteiger partial charge is 0.480 e. The first kappa shape index (κ1) is 11.7. The lowest BCUT2D eigenvalue weighted by Crippen LogP contribution is -2.01. The van der Waals surface area contributed by atoms with Crippen LogP contribution in [0.5, 0.6) is 5.88 Å². The number of nitriles is 1. The number of aromatic nitrogens is 1. The maximum absolute atomic E-state index is 12.5. The molecule has 1 rings (SSSR count). The molecule has 0 bridgehead atoms. The quantitative estimate of drug-likeness (QED) is 0.753. The predicted molar refractivity (Wildman–Crippen MR) is 50.0 cm³/mol. The van der Waals surface area contributed by atoms with E-state index in [1.165, 1.54) is 7.11 Å². The van der Waals surface area contributed by atoms with Crippen molar-refractivity contribution in [1.29, 1.82) is 5.26 Å². The summed E-state index contributed by atoms with van der Waals surface area (Å²) in [6, 6.07) is 2.78. The van der Waals surface area contributed by atoms with Crippen molar-refractivity contribution >= 4 is 11.6 Å². The highest BCUT2D eigenvalue weighted by Gasteiger charge is 2.18. The van der Waals surface area contributed by atoms with Gasteiger partial charge in [-0.15, -0.1) is 11.6 Å². The minimum Gasteiger partial charge on any atom is -0.480 e. The van der Waals surface area contributed by atoms with Crippen molar-refractivity contribution in [1.82, 2.24) is 4.98 Å². The second-order valence-electron chi connectivity index (χ2n) is 2.63. The first-order chi connectivity index (χ1) is 7.13. The monoisotopic (exact) mass is 232 g/mol. The third-order valence-electron chi connectivity index (χ3n) is 1.78. The molecule has 0 aliphatic heterocycles. The van der Waals surface area contributed by atoms with Crippen LogP contribution in [0.2, 0.25) is 0 Å². The normalized spacial score (nSPS) is 10.1. The first-order valence-electron chi connectivity index (χ1n) is 3.96. The molecule has 6 heteroatoms. The second-order valence-corrected chi connectivity index (χ2v) is 2.89. The molecule has 3 nitrogen and oxygen atoms in total. The van der Waals surface area contributed by atoms with Crippen molar-refractivity contribution < 1.29 is 13.5 Å². The molecule has 15 heavy (non-hydrogen) atoms. The van der Waals surface area contributed by atoms with Crippen LogP contribution in [-0.4, -0.2) is 12.1 Å². The van der Waals surface area contributed by atoms with Crippen molar-refractivity contribution in [3.8, 4) is 11.9 Å². The molecule has 1 heterocycles. The van der Waals surface area contributed by atoms with E-state index in [1.807, 2.05) is 0 Å². The Bertz CT molecular complexity index is 404. The van der Waals surface area contributed by atoms with Gasteiger partial charge in [-0.25, -0.2) is 13.8 Å². The number of nitrogens with zero attached hydrogens (tertiary/aromatic N) is 2. The zero-order valence-electron chi connectivity index (χ0n) is 7.80. The first-order valence-corrected chi connectivity index (χ1v) is 4.49. The Morgan fingerprint density at radius 1 is 1.67 bits per heavy atom. The zero-order chi connectivity index (χ0) is 11.4. The van der Waals surface area contributed by atoms with Gasteiger partial charge in [-0.2, -0.15) is 5.26 Å². The van der Waals surface area contributed by atoms with E-state index in [9.17, 15) is 8.78 Å². The topological polar surface area (TPSA) is 45.9 Å². The minimum atomic E-state index is -2.70. The maximum Gasteiger partial charge on any atom is 0.265 e. The Morgan fingerprint density at radius 2 is 2.33 bits per heavy atom. The Morgan fingerprint density at radius 3 is 2.73 bits per heavy atom. The summed E-state index contributed by atoms with van der Waals surface area (Å²) < 4.78 is 29.8. The number of rotatable bonds is 3. The summed E-state index contributed by atoms with van der Waals surface area (Å²) in [7, 11) is 1.31. The van der Waals surface area contributed by atoms with E-state index < -0.39 is 6.43 Å². The van der Waals surface area contributed by atoms with E-state index in [0.29, 0.717) is 0 Å². The molecule has 0 radical (unpaired) electrons. The van der Waals surface area contributed by atoms with E-state index in [0.717, 1.165) is 6.07 Å². The number of hydrogen-bond donors (Lipinski definition) is 0. The van der Waals surface area contributed by atoms with Crippen molar-refractivity contribution in [3.05, 3.63) is 22.9 Å². The molecule has 0 saturated heterocycles. The van der Waals surface area contributed by atoms with Gasteiger partial charge in [0.25, 0.3) is 6.43 Å². The molecule has 0 amide bonds. The smallest absolute Gasteiger partial charge is 0.265 e. The molecule has 0 saturated carbocycles. The fraction of sp³-hybridized carbons (Fsp3) is 0.333. The number of alkyl halides is 3. The van der Waals surface area contributed by atoms with Gasteiger partial charge in [-0.1, -0.05) is 0 Å². The molecular weight excluding hydrogens is 226 g/mol. The van der Waals surface area contributed by atoms with Crippen LogP contribution < -0.4 is 4.74 Å². The van der Waals surface area contributed by atoms with Gasteiger partial charge in [0.1, 0.15) is 11.6 Å². The molecule has 0 spiro atoms. The van der Waals surface area contributed by atoms with Crippen molar-refractivity contribution in [2.75, 3.05) is 7.11 Å². The summed E-state index contributed by atoms with van der Waals surface area (Å²) in [5.41, 5.74) is -0.327. The number of ether oxygens (including phenoxy) is 1. The number of pyridine rings is 1. The van der Waals surface area contributed by atoms with Gasteiger partial charge < -0.3 is 4.74 Å². The molecule has 0 N–H and O–H groups in total. The van der Waals surface area contributed by atoms with E-state index in [2.05, 4.69) is 4.98 Å². The molecular formula is C9H7ClF2N2O. The minimum absolute atomic E-state index is 0.0116. The summed E-state index contributed by atoms with van der Waals surface area (Å²) in [5.74, 6) is -0.139. The van der Waals surface area contributed by atoms with E-state index in [4.69, 9.17) is 21.6 Å². The summed E-state index contributed by atoms with van der Waals surface area (Å²) in [4.78, 5) is 3.75. The second kappa shape index (κ2) is 4.89. The van der Waals surface area contributed by atoms with Crippen LogP contribution in [0.4, 0.5) is 8.78 Å². The fourth-order valence-electron chi connectivity index (χ4n) is 1.08. The van der Waals surface area contributed by atoms with Gasteiger partial charge in [0, 0.05) is 5.56 Å². The average molecular weight is 233 g/mol. The van der Waals surface area contributed by atoms with E-state index in [1.54, 1.807) is 6.07 Å². The molecule has 0 aliphatic rings. The third kappa shape index (κ3) is 2.34. The molecule has 0 fully saturated rings. The molecule has 0 aromatic carbocycles. The standard InChI is InChI=1S/C9H7ClF2N2O/c1-15-9-5(4-13)2-6(8(11)12)7(3-10)14-9/h2,8H,3H2,1H3. The van der Waals surface area contributed by atoms with Gasteiger partial charge >= 0.3 is 0 Å². The van der Waals surface area contributed by atoms with Gasteiger partial charge in [0.15, 0.2) is 0 Å². The Labute approximate surface area is 90.3 Å². The van der Waals surface area contributed by atoms with E-state index >= 15 is 0 Å². The fourth-order valence-corrected chi connectivity index (χ4v) is 1.29. The molecule has 80 valence electrons. The van der Waals surface area contributed by atoms with Crippen LogP contribution in [0.25, 0.3) is 0 Å².